The first-order valence-electron chi connectivity index (χ1n) is 10.3. The van der Waals surface area contributed by atoms with Crippen molar-refractivity contribution in [3.8, 4) is 17.2 Å². The van der Waals surface area contributed by atoms with Gasteiger partial charge < -0.3 is 14.2 Å². The Hall–Kier alpha value is -2.21. The van der Waals surface area contributed by atoms with Gasteiger partial charge in [0, 0.05) is 23.5 Å². The third-order valence-electron chi connectivity index (χ3n) is 5.72. The Morgan fingerprint density at radius 2 is 1.79 bits per heavy atom. The summed E-state index contributed by atoms with van der Waals surface area (Å²) in [6.45, 7) is 4.52. The van der Waals surface area contributed by atoms with E-state index in [9.17, 15) is 13.2 Å². The van der Waals surface area contributed by atoms with E-state index >= 15 is 0 Å². The molecule has 0 saturated carbocycles. The van der Waals surface area contributed by atoms with Gasteiger partial charge in [0.15, 0.2) is 23.1 Å². The van der Waals surface area contributed by atoms with Crippen molar-refractivity contribution in [3.05, 3.63) is 52.3 Å². The molecule has 2 aromatic carbocycles. The van der Waals surface area contributed by atoms with Crippen LogP contribution in [-0.2, 0) is 11.2 Å². The number of rotatable bonds is 5. The fourth-order valence-electron chi connectivity index (χ4n) is 4.23. The standard InChI is InChI=1S/C23H25F3O3/c1-3-5-16-8-6-14(12-28-16)17-11-15-10-13-7-9-18(27-4-2)20(25)22(13)29-23(15)21(26)19(17)24/h7,9,11,14,16H,3-6,8,10,12H2,1-2H3. The molecule has 0 amide bonds. The lowest BCUT2D eigenvalue weighted by atomic mass is 9.87. The molecule has 2 aromatic rings. The summed E-state index contributed by atoms with van der Waals surface area (Å²) in [6, 6.07) is 4.89. The second kappa shape index (κ2) is 8.27. The Morgan fingerprint density at radius 1 is 1.00 bits per heavy atom. The van der Waals surface area contributed by atoms with Crippen LogP contribution in [0.2, 0.25) is 0 Å². The van der Waals surface area contributed by atoms with Crippen LogP contribution in [0.1, 0.15) is 62.1 Å². The summed E-state index contributed by atoms with van der Waals surface area (Å²) in [6.07, 6.45) is 4.07. The molecule has 2 heterocycles. The SMILES string of the molecule is CCCC1CCC(c2cc3c(c(F)c2F)Oc2c(ccc(OCC)c2F)C3)CO1. The summed E-state index contributed by atoms with van der Waals surface area (Å²) < 4.78 is 61.0. The van der Waals surface area contributed by atoms with Crippen molar-refractivity contribution in [2.75, 3.05) is 13.2 Å². The van der Waals surface area contributed by atoms with Crippen molar-refractivity contribution in [2.45, 2.75) is 58.0 Å². The highest BCUT2D eigenvalue weighted by Gasteiger charge is 2.32. The predicted octanol–water partition coefficient (Wildman–Crippen LogP) is 6.26. The molecule has 6 heteroatoms. The summed E-state index contributed by atoms with van der Waals surface area (Å²) in [5.41, 5.74) is 1.42. The Morgan fingerprint density at radius 3 is 2.48 bits per heavy atom. The highest BCUT2D eigenvalue weighted by Crippen LogP contribution is 2.45. The molecule has 1 saturated heterocycles. The molecule has 2 aliphatic rings. The summed E-state index contributed by atoms with van der Waals surface area (Å²) >= 11 is 0. The van der Waals surface area contributed by atoms with Gasteiger partial charge >= 0.3 is 0 Å². The van der Waals surface area contributed by atoms with E-state index in [2.05, 4.69) is 6.92 Å². The summed E-state index contributed by atoms with van der Waals surface area (Å²) in [7, 11) is 0. The van der Waals surface area contributed by atoms with E-state index in [-0.39, 0.29) is 35.7 Å². The molecule has 0 aliphatic carbocycles. The zero-order valence-corrected chi connectivity index (χ0v) is 16.7. The maximum absolute atomic E-state index is 14.9. The van der Waals surface area contributed by atoms with Gasteiger partial charge in [-0.1, -0.05) is 19.4 Å². The molecule has 4 rings (SSSR count). The van der Waals surface area contributed by atoms with Crippen LogP contribution in [0.4, 0.5) is 13.2 Å². The van der Waals surface area contributed by atoms with Gasteiger partial charge in [0.25, 0.3) is 0 Å². The predicted molar refractivity (Wildman–Crippen MR) is 103 cm³/mol. The van der Waals surface area contributed by atoms with Crippen LogP contribution >= 0.6 is 0 Å². The van der Waals surface area contributed by atoms with Crippen molar-refractivity contribution in [1.29, 1.82) is 0 Å². The molecule has 1 fully saturated rings. The van der Waals surface area contributed by atoms with Gasteiger partial charge in [-0.15, -0.1) is 0 Å². The van der Waals surface area contributed by atoms with Crippen LogP contribution in [0.3, 0.4) is 0 Å². The van der Waals surface area contributed by atoms with Crippen molar-refractivity contribution in [3.63, 3.8) is 0 Å². The Balaban J connectivity index is 1.63. The first kappa shape index (κ1) is 20.1. The van der Waals surface area contributed by atoms with Gasteiger partial charge in [-0.3, -0.25) is 0 Å². The summed E-state index contributed by atoms with van der Waals surface area (Å²) in [4.78, 5) is 0. The molecule has 29 heavy (non-hydrogen) atoms. The van der Waals surface area contributed by atoms with Crippen molar-refractivity contribution in [1.82, 2.24) is 0 Å². The zero-order valence-electron chi connectivity index (χ0n) is 16.7. The van der Waals surface area contributed by atoms with Crippen LogP contribution in [0.25, 0.3) is 0 Å². The molecule has 2 unspecified atom stereocenters. The van der Waals surface area contributed by atoms with Gasteiger partial charge in [0.05, 0.1) is 19.3 Å². The molecule has 2 aliphatic heterocycles. The minimum absolute atomic E-state index is 0.0354. The van der Waals surface area contributed by atoms with Crippen LogP contribution in [-0.4, -0.2) is 19.3 Å². The van der Waals surface area contributed by atoms with Crippen molar-refractivity contribution in [2.24, 2.45) is 0 Å². The molecule has 156 valence electrons. The maximum atomic E-state index is 14.9. The van der Waals surface area contributed by atoms with Gasteiger partial charge in [0.2, 0.25) is 11.6 Å². The third kappa shape index (κ3) is 3.70. The Kier molecular flexibility index (Phi) is 5.72. The molecular weight excluding hydrogens is 381 g/mol. The highest BCUT2D eigenvalue weighted by molar-refractivity contribution is 5.55. The molecule has 0 bridgehead atoms. The van der Waals surface area contributed by atoms with E-state index in [1.54, 1.807) is 19.1 Å². The van der Waals surface area contributed by atoms with E-state index in [0.29, 0.717) is 29.9 Å². The monoisotopic (exact) mass is 406 g/mol. The van der Waals surface area contributed by atoms with Crippen LogP contribution in [0.15, 0.2) is 18.2 Å². The zero-order chi connectivity index (χ0) is 20.5. The van der Waals surface area contributed by atoms with E-state index < -0.39 is 17.5 Å². The van der Waals surface area contributed by atoms with Gasteiger partial charge in [-0.25, -0.2) is 4.39 Å². The molecular formula is C23H25F3O3. The lowest BCUT2D eigenvalue weighted by molar-refractivity contribution is -0.00185. The van der Waals surface area contributed by atoms with E-state index in [0.717, 1.165) is 25.7 Å². The summed E-state index contributed by atoms with van der Waals surface area (Å²) in [5.74, 6) is -3.20. The third-order valence-corrected chi connectivity index (χ3v) is 5.72. The first-order chi connectivity index (χ1) is 14.0. The maximum Gasteiger partial charge on any atom is 0.207 e. The number of fused-ring (bicyclic) bond motifs is 2. The fourth-order valence-corrected chi connectivity index (χ4v) is 4.23. The molecule has 0 spiro atoms. The molecule has 0 N–H and O–H groups in total. The fraction of sp³-hybridized carbons (Fsp3) is 0.478. The van der Waals surface area contributed by atoms with Crippen LogP contribution < -0.4 is 9.47 Å². The topological polar surface area (TPSA) is 27.7 Å². The van der Waals surface area contributed by atoms with Crippen molar-refractivity contribution >= 4 is 0 Å². The Bertz CT molecular complexity index is 905. The van der Waals surface area contributed by atoms with E-state index in [4.69, 9.17) is 14.2 Å². The Labute approximate surface area is 168 Å². The van der Waals surface area contributed by atoms with E-state index in [1.807, 2.05) is 0 Å². The van der Waals surface area contributed by atoms with Crippen LogP contribution in [0.5, 0.6) is 17.2 Å². The van der Waals surface area contributed by atoms with Crippen LogP contribution in [0, 0.1) is 17.5 Å². The average Bonchev–Trinajstić information content (AvgIpc) is 2.73. The smallest absolute Gasteiger partial charge is 0.207 e. The van der Waals surface area contributed by atoms with Gasteiger partial charge in [-0.05, 0) is 43.9 Å². The number of ether oxygens (including phenoxy) is 3. The lowest BCUT2D eigenvalue weighted by Gasteiger charge is -2.30. The molecule has 0 radical (unpaired) electrons. The van der Waals surface area contributed by atoms with Gasteiger partial charge in [0.1, 0.15) is 0 Å². The number of hydrogen-bond acceptors (Lipinski definition) is 3. The molecule has 3 nitrogen and oxygen atoms in total. The quantitative estimate of drug-likeness (QED) is 0.500. The minimum Gasteiger partial charge on any atom is -0.491 e. The highest BCUT2D eigenvalue weighted by atomic mass is 19.2. The summed E-state index contributed by atoms with van der Waals surface area (Å²) in [5, 5.41) is 0. The molecule has 2 atom stereocenters. The normalized spacial score (nSPS) is 20.6. The number of halogens is 3. The molecule has 0 aromatic heterocycles. The van der Waals surface area contributed by atoms with E-state index in [1.165, 1.54) is 6.07 Å². The first-order valence-corrected chi connectivity index (χ1v) is 10.3. The number of benzene rings is 2. The largest absolute Gasteiger partial charge is 0.491 e. The van der Waals surface area contributed by atoms with Gasteiger partial charge in [-0.2, -0.15) is 8.78 Å². The second-order valence-corrected chi connectivity index (χ2v) is 7.68. The number of hydrogen-bond donors (Lipinski definition) is 0. The second-order valence-electron chi connectivity index (χ2n) is 7.68. The lowest BCUT2D eigenvalue weighted by Crippen LogP contribution is -2.25. The minimum atomic E-state index is -1.07. The van der Waals surface area contributed by atoms with Crippen molar-refractivity contribution < 1.29 is 27.4 Å². The average molecular weight is 406 g/mol.